The number of hydrogen-bond donors (Lipinski definition) is 0. The van der Waals surface area contributed by atoms with Crippen molar-refractivity contribution in [1.82, 2.24) is 9.80 Å². The van der Waals surface area contributed by atoms with E-state index < -0.39 is 0 Å². The summed E-state index contributed by atoms with van der Waals surface area (Å²) in [4.78, 5) is 19.2. The fraction of sp³-hybridized carbons (Fsp3) is 0.409. The van der Waals surface area contributed by atoms with Crippen LogP contribution in [0.1, 0.15) is 18.1 Å². The molecule has 1 fully saturated rings. The van der Waals surface area contributed by atoms with Gasteiger partial charge in [0.1, 0.15) is 0 Å². The molecule has 6 heteroatoms. The zero-order valence-corrected chi connectivity index (χ0v) is 16.6. The molecule has 0 aliphatic carbocycles. The predicted molar refractivity (Wildman–Crippen MR) is 109 cm³/mol. The molecule has 2 aromatic carbocycles. The summed E-state index contributed by atoms with van der Waals surface area (Å²) in [6, 6.07) is 14.3. The van der Waals surface area contributed by atoms with Crippen LogP contribution in [-0.2, 0) is 6.54 Å². The van der Waals surface area contributed by atoms with Gasteiger partial charge in [0.2, 0.25) is 6.79 Å². The van der Waals surface area contributed by atoms with Crippen molar-refractivity contribution in [1.29, 1.82) is 0 Å². The van der Waals surface area contributed by atoms with Crippen molar-refractivity contribution < 1.29 is 14.3 Å². The standard InChI is InChI=1S/C22H27N3O3/c1-3-25(19-6-4-5-17(2)13-19)22(26)24-11-9-23(10-12-24)15-18-7-8-20-21(14-18)28-16-27-20/h4-8,13-14H,3,9-12,15-16H2,1-2H3. The van der Waals surface area contributed by atoms with Crippen molar-refractivity contribution in [3.63, 3.8) is 0 Å². The van der Waals surface area contributed by atoms with Gasteiger partial charge in [-0.1, -0.05) is 18.2 Å². The van der Waals surface area contributed by atoms with E-state index in [1.807, 2.05) is 34.9 Å². The Labute approximate surface area is 166 Å². The number of fused-ring (bicyclic) bond motifs is 1. The highest BCUT2D eigenvalue weighted by Crippen LogP contribution is 2.32. The number of ether oxygens (including phenoxy) is 2. The fourth-order valence-electron chi connectivity index (χ4n) is 3.79. The number of rotatable bonds is 4. The van der Waals surface area contributed by atoms with E-state index in [9.17, 15) is 4.79 Å². The molecular formula is C22H27N3O3. The van der Waals surface area contributed by atoms with Crippen LogP contribution < -0.4 is 14.4 Å². The average molecular weight is 381 g/mol. The van der Waals surface area contributed by atoms with Gasteiger partial charge in [-0.3, -0.25) is 9.80 Å². The van der Waals surface area contributed by atoms with Crippen LogP contribution in [0.3, 0.4) is 0 Å². The number of nitrogens with zero attached hydrogens (tertiary/aromatic N) is 3. The first kappa shape index (κ1) is 18.6. The molecule has 4 rings (SSSR count). The van der Waals surface area contributed by atoms with Crippen LogP contribution in [0.5, 0.6) is 11.5 Å². The lowest BCUT2D eigenvalue weighted by molar-refractivity contribution is 0.139. The minimum Gasteiger partial charge on any atom is -0.454 e. The van der Waals surface area contributed by atoms with Crippen molar-refractivity contribution >= 4 is 11.7 Å². The molecule has 2 aromatic rings. The van der Waals surface area contributed by atoms with Crippen molar-refractivity contribution in [2.24, 2.45) is 0 Å². The minimum absolute atomic E-state index is 0.0934. The third-order valence-electron chi connectivity index (χ3n) is 5.35. The molecule has 0 radical (unpaired) electrons. The Hall–Kier alpha value is -2.73. The number of benzene rings is 2. The Balaban J connectivity index is 1.35. The maximum atomic E-state index is 13.0. The van der Waals surface area contributed by atoms with E-state index >= 15 is 0 Å². The first-order valence-electron chi connectivity index (χ1n) is 9.88. The van der Waals surface area contributed by atoms with E-state index in [1.165, 1.54) is 5.56 Å². The Morgan fingerprint density at radius 3 is 2.57 bits per heavy atom. The summed E-state index contributed by atoms with van der Waals surface area (Å²) < 4.78 is 10.8. The second-order valence-electron chi connectivity index (χ2n) is 7.32. The topological polar surface area (TPSA) is 45.3 Å². The molecular weight excluding hydrogens is 354 g/mol. The summed E-state index contributed by atoms with van der Waals surface area (Å²) in [7, 11) is 0. The number of urea groups is 1. The maximum absolute atomic E-state index is 13.0. The number of aryl methyl sites for hydroxylation is 1. The number of carbonyl (C=O) groups excluding carboxylic acids is 1. The minimum atomic E-state index is 0.0934. The fourth-order valence-corrected chi connectivity index (χ4v) is 3.79. The maximum Gasteiger partial charge on any atom is 0.324 e. The number of amides is 2. The first-order valence-corrected chi connectivity index (χ1v) is 9.88. The van der Waals surface area contributed by atoms with Crippen LogP contribution in [0.25, 0.3) is 0 Å². The Morgan fingerprint density at radius 1 is 1.04 bits per heavy atom. The summed E-state index contributed by atoms with van der Waals surface area (Å²) in [5.41, 5.74) is 3.34. The van der Waals surface area contributed by atoms with E-state index in [4.69, 9.17) is 9.47 Å². The molecule has 0 saturated carbocycles. The van der Waals surface area contributed by atoms with Gasteiger partial charge in [-0.15, -0.1) is 0 Å². The second-order valence-corrected chi connectivity index (χ2v) is 7.32. The van der Waals surface area contributed by atoms with Crippen LogP contribution in [0.4, 0.5) is 10.5 Å². The van der Waals surface area contributed by atoms with Gasteiger partial charge < -0.3 is 14.4 Å². The molecule has 2 aliphatic rings. The average Bonchev–Trinajstić information content (AvgIpc) is 3.17. The van der Waals surface area contributed by atoms with E-state index in [2.05, 4.69) is 36.1 Å². The van der Waals surface area contributed by atoms with Gasteiger partial charge in [0, 0.05) is 45.0 Å². The van der Waals surface area contributed by atoms with Crippen LogP contribution >= 0.6 is 0 Å². The summed E-state index contributed by atoms with van der Waals surface area (Å²) >= 11 is 0. The molecule has 0 unspecified atom stereocenters. The normalized spacial score (nSPS) is 16.3. The van der Waals surface area contributed by atoms with Crippen molar-refractivity contribution in [2.45, 2.75) is 20.4 Å². The van der Waals surface area contributed by atoms with E-state index in [0.29, 0.717) is 13.3 Å². The third-order valence-corrected chi connectivity index (χ3v) is 5.35. The van der Waals surface area contributed by atoms with Gasteiger partial charge in [-0.25, -0.2) is 4.79 Å². The zero-order chi connectivity index (χ0) is 19.5. The molecule has 6 nitrogen and oxygen atoms in total. The molecule has 2 heterocycles. The molecule has 0 aromatic heterocycles. The Kier molecular flexibility index (Phi) is 5.39. The number of hydrogen-bond acceptors (Lipinski definition) is 4. The van der Waals surface area contributed by atoms with Gasteiger partial charge in [0.25, 0.3) is 0 Å². The molecule has 1 saturated heterocycles. The van der Waals surface area contributed by atoms with E-state index in [-0.39, 0.29) is 6.03 Å². The monoisotopic (exact) mass is 381 g/mol. The van der Waals surface area contributed by atoms with E-state index in [1.54, 1.807) is 0 Å². The highest BCUT2D eigenvalue weighted by molar-refractivity contribution is 5.92. The summed E-state index contributed by atoms with van der Waals surface area (Å²) in [5.74, 6) is 1.64. The zero-order valence-electron chi connectivity index (χ0n) is 16.6. The lowest BCUT2D eigenvalue weighted by Crippen LogP contribution is -2.52. The first-order chi connectivity index (χ1) is 13.6. The molecule has 0 atom stereocenters. The smallest absolute Gasteiger partial charge is 0.324 e. The molecule has 0 bridgehead atoms. The van der Waals surface area contributed by atoms with Crippen molar-refractivity contribution in [3.8, 4) is 11.5 Å². The summed E-state index contributed by atoms with van der Waals surface area (Å²) in [5, 5.41) is 0. The number of anilines is 1. The predicted octanol–water partition coefficient (Wildman–Crippen LogP) is 3.49. The largest absolute Gasteiger partial charge is 0.454 e. The van der Waals surface area contributed by atoms with Gasteiger partial charge in [0.15, 0.2) is 11.5 Å². The molecule has 2 aliphatic heterocycles. The van der Waals surface area contributed by atoms with Crippen molar-refractivity contribution in [3.05, 3.63) is 53.6 Å². The second kappa shape index (κ2) is 8.10. The molecule has 0 spiro atoms. The van der Waals surface area contributed by atoms with Crippen LogP contribution in [0, 0.1) is 6.92 Å². The van der Waals surface area contributed by atoms with Gasteiger partial charge in [-0.2, -0.15) is 0 Å². The van der Waals surface area contributed by atoms with Gasteiger partial charge >= 0.3 is 6.03 Å². The molecule has 0 N–H and O–H groups in total. The number of piperazine rings is 1. The SMILES string of the molecule is CCN(C(=O)N1CCN(Cc2ccc3c(c2)OCO3)CC1)c1cccc(C)c1. The lowest BCUT2D eigenvalue weighted by Gasteiger charge is -2.37. The Morgan fingerprint density at radius 2 is 1.82 bits per heavy atom. The molecule has 2 amide bonds. The quantitative estimate of drug-likeness (QED) is 0.813. The summed E-state index contributed by atoms with van der Waals surface area (Å²) in [6.07, 6.45) is 0. The number of carbonyl (C=O) groups is 1. The Bertz CT molecular complexity index is 847. The summed E-state index contributed by atoms with van der Waals surface area (Å²) in [6.45, 7) is 9.11. The molecule has 28 heavy (non-hydrogen) atoms. The van der Waals surface area contributed by atoms with Gasteiger partial charge in [-0.05, 0) is 49.2 Å². The van der Waals surface area contributed by atoms with Crippen LogP contribution in [0.15, 0.2) is 42.5 Å². The van der Waals surface area contributed by atoms with Crippen LogP contribution in [-0.4, -0.2) is 55.3 Å². The lowest BCUT2D eigenvalue weighted by atomic mass is 10.1. The molecule has 148 valence electrons. The van der Waals surface area contributed by atoms with Crippen molar-refractivity contribution in [2.75, 3.05) is 44.4 Å². The highest BCUT2D eigenvalue weighted by Gasteiger charge is 2.26. The van der Waals surface area contributed by atoms with Gasteiger partial charge in [0.05, 0.1) is 0 Å². The van der Waals surface area contributed by atoms with Crippen LogP contribution in [0.2, 0.25) is 0 Å². The third kappa shape index (κ3) is 3.92. The highest BCUT2D eigenvalue weighted by atomic mass is 16.7. The van der Waals surface area contributed by atoms with E-state index in [0.717, 1.165) is 55.5 Å².